The molecule has 2 aliphatic rings. The molecule has 2 rings (SSSR count). The summed E-state index contributed by atoms with van der Waals surface area (Å²) in [4.78, 5) is 2.28. The molecule has 2 heteroatoms. The van der Waals surface area contributed by atoms with Crippen molar-refractivity contribution in [1.29, 1.82) is 0 Å². The fourth-order valence-electron chi connectivity index (χ4n) is 2.06. The Balaban J connectivity index is 2.02. The van der Waals surface area contributed by atoms with Crippen LogP contribution in [0.1, 0.15) is 6.42 Å². The number of rotatable bonds is 1. The molecule has 0 radical (unpaired) electrons. The number of hydrogen-bond acceptors (Lipinski definition) is 2. The molecule has 1 heterocycles. The predicted molar refractivity (Wildman–Crippen MR) is 35.1 cm³/mol. The van der Waals surface area contributed by atoms with Gasteiger partial charge in [-0.1, -0.05) is 0 Å². The van der Waals surface area contributed by atoms with Crippen molar-refractivity contribution in [3.63, 3.8) is 0 Å². The molecule has 1 aliphatic carbocycles. The summed E-state index contributed by atoms with van der Waals surface area (Å²) in [6.07, 6.45) is 1.37. The van der Waals surface area contributed by atoms with Crippen molar-refractivity contribution in [3.05, 3.63) is 0 Å². The van der Waals surface area contributed by atoms with E-state index < -0.39 is 0 Å². The quantitative estimate of drug-likeness (QED) is 0.533. The molecule has 9 heavy (non-hydrogen) atoms. The number of hydrogen-bond donors (Lipinski definition) is 1. The maximum atomic E-state index is 8.89. The summed E-state index contributed by atoms with van der Waals surface area (Å²) in [5, 5.41) is 8.89. The van der Waals surface area contributed by atoms with Gasteiger partial charge in [0.15, 0.2) is 0 Å². The summed E-state index contributed by atoms with van der Waals surface area (Å²) >= 11 is 0. The Hall–Kier alpha value is -0.0800. The number of likely N-dealkylation sites (tertiary alicyclic amines) is 1. The molecule has 0 unspecified atom stereocenters. The Kier molecular flexibility index (Phi) is 1.08. The minimum Gasteiger partial charge on any atom is -0.395 e. The third-order valence-corrected chi connectivity index (χ3v) is 2.75. The van der Waals surface area contributed by atoms with Crippen molar-refractivity contribution in [2.45, 2.75) is 12.5 Å². The number of aliphatic hydroxyl groups is 1. The van der Waals surface area contributed by atoms with Gasteiger partial charge in [-0.05, 0) is 25.3 Å². The van der Waals surface area contributed by atoms with Crippen molar-refractivity contribution >= 4 is 0 Å². The molecule has 52 valence electrons. The first-order chi connectivity index (χ1) is 4.33. The van der Waals surface area contributed by atoms with E-state index in [-0.39, 0.29) is 0 Å². The first-order valence-electron chi connectivity index (χ1n) is 3.64. The van der Waals surface area contributed by atoms with E-state index in [1.54, 1.807) is 0 Å². The van der Waals surface area contributed by atoms with Crippen LogP contribution >= 0.6 is 0 Å². The maximum absolute atomic E-state index is 8.89. The van der Waals surface area contributed by atoms with Gasteiger partial charge in [-0.15, -0.1) is 0 Å². The van der Waals surface area contributed by atoms with Crippen molar-refractivity contribution in [2.75, 3.05) is 20.2 Å². The minimum absolute atomic E-state index is 0.359. The molecule has 2 nitrogen and oxygen atoms in total. The number of piperidine rings is 1. The smallest absolute Gasteiger partial charge is 0.0589 e. The molecule has 3 atom stereocenters. The highest BCUT2D eigenvalue weighted by molar-refractivity contribution is 5.02. The van der Waals surface area contributed by atoms with Crippen LogP contribution in [0.3, 0.4) is 0 Å². The summed E-state index contributed by atoms with van der Waals surface area (Å²) in [5.74, 6) is 1.78. The van der Waals surface area contributed by atoms with Crippen molar-refractivity contribution in [1.82, 2.24) is 4.90 Å². The summed E-state index contributed by atoms with van der Waals surface area (Å²) in [5.41, 5.74) is 0. The van der Waals surface area contributed by atoms with E-state index >= 15 is 0 Å². The molecular formula is C7H13NO. The zero-order valence-corrected chi connectivity index (χ0v) is 5.75. The first-order valence-corrected chi connectivity index (χ1v) is 3.64. The van der Waals surface area contributed by atoms with Gasteiger partial charge in [-0.25, -0.2) is 0 Å². The largest absolute Gasteiger partial charge is 0.395 e. The van der Waals surface area contributed by atoms with E-state index in [9.17, 15) is 0 Å². The molecule has 1 saturated heterocycles. The van der Waals surface area contributed by atoms with E-state index in [1.807, 2.05) is 0 Å². The number of likely N-dealkylation sites (N-methyl/N-ethyl adjacent to an activating group) is 1. The van der Waals surface area contributed by atoms with Crippen molar-refractivity contribution in [2.24, 2.45) is 11.8 Å². The standard InChI is InChI=1S/C7H13NO/c1-8-3-5-2-6(5)7(8)4-9/h5-7,9H,2-4H2,1H3/t5-,6+,7+/m0/s1. The van der Waals surface area contributed by atoms with Gasteiger partial charge in [0, 0.05) is 12.6 Å². The predicted octanol–water partition coefficient (Wildman–Crippen LogP) is -0.0712. The summed E-state index contributed by atoms with van der Waals surface area (Å²) in [6.45, 7) is 1.58. The third-order valence-electron chi connectivity index (χ3n) is 2.75. The highest BCUT2D eigenvalue weighted by atomic mass is 16.3. The Morgan fingerprint density at radius 2 is 2.44 bits per heavy atom. The molecular weight excluding hydrogens is 114 g/mol. The van der Waals surface area contributed by atoms with Gasteiger partial charge < -0.3 is 10.0 Å². The number of nitrogens with zero attached hydrogens (tertiary/aromatic N) is 1. The van der Waals surface area contributed by atoms with Crippen LogP contribution in [0.5, 0.6) is 0 Å². The Bertz CT molecular complexity index is 124. The zero-order chi connectivity index (χ0) is 6.43. The molecule has 0 bridgehead atoms. The van der Waals surface area contributed by atoms with Crippen LogP contribution in [0.2, 0.25) is 0 Å². The minimum atomic E-state index is 0.359. The van der Waals surface area contributed by atoms with E-state index in [2.05, 4.69) is 11.9 Å². The summed E-state index contributed by atoms with van der Waals surface area (Å²) in [7, 11) is 2.10. The fourth-order valence-corrected chi connectivity index (χ4v) is 2.06. The molecule has 0 spiro atoms. The van der Waals surface area contributed by atoms with Crippen LogP contribution < -0.4 is 0 Å². The lowest BCUT2D eigenvalue weighted by molar-refractivity contribution is 0.160. The Morgan fingerprint density at radius 3 is 2.78 bits per heavy atom. The Labute approximate surface area is 55.5 Å². The monoisotopic (exact) mass is 127 g/mol. The van der Waals surface area contributed by atoms with Gasteiger partial charge in [-0.3, -0.25) is 0 Å². The highest BCUT2D eigenvalue weighted by Gasteiger charge is 2.50. The molecule has 0 amide bonds. The van der Waals surface area contributed by atoms with Crippen LogP contribution in [0.15, 0.2) is 0 Å². The van der Waals surface area contributed by atoms with Crippen LogP contribution in [-0.2, 0) is 0 Å². The second kappa shape index (κ2) is 1.70. The van der Waals surface area contributed by atoms with E-state index in [1.165, 1.54) is 13.0 Å². The zero-order valence-electron chi connectivity index (χ0n) is 5.75. The lowest BCUT2D eigenvalue weighted by atomic mass is 10.2. The SMILES string of the molecule is CN1C[C@@H]2C[C@H]2[C@H]1CO. The number of fused-ring (bicyclic) bond motifs is 1. The van der Waals surface area contributed by atoms with Crippen LogP contribution in [0.4, 0.5) is 0 Å². The van der Waals surface area contributed by atoms with Gasteiger partial charge in [-0.2, -0.15) is 0 Å². The molecule has 0 aromatic heterocycles. The fraction of sp³-hybridized carbons (Fsp3) is 1.00. The first kappa shape index (κ1) is 5.69. The lowest BCUT2D eigenvalue weighted by Crippen LogP contribution is -2.32. The normalized spacial score (nSPS) is 49.3. The average molecular weight is 127 g/mol. The molecule has 1 saturated carbocycles. The highest BCUT2D eigenvalue weighted by Crippen LogP contribution is 2.48. The average Bonchev–Trinajstić information content (AvgIpc) is 2.45. The molecule has 2 fully saturated rings. The van der Waals surface area contributed by atoms with Gasteiger partial charge in [0.25, 0.3) is 0 Å². The van der Waals surface area contributed by atoms with Crippen LogP contribution in [0.25, 0.3) is 0 Å². The second-order valence-electron chi connectivity index (χ2n) is 3.35. The van der Waals surface area contributed by atoms with Gasteiger partial charge >= 0.3 is 0 Å². The Morgan fingerprint density at radius 1 is 1.67 bits per heavy atom. The maximum Gasteiger partial charge on any atom is 0.0589 e. The molecule has 0 aromatic carbocycles. The topological polar surface area (TPSA) is 23.5 Å². The van der Waals surface area contributed by atoms with Crippen molar-refractivity contribution in [3.8, 4) is 0 Å². The van der Waals surface area contributed by atoms with E-state index in [0.29, 0.717) is 12.6 Å². The lowest BCUT2D eigenvalue weighted by Gasteiger charge is -2.19. The van der Waals surface area contributed by atoms with E-state index in [4.69, 9.17) is 5.11 Å². The third kappa shape index (κ3) is 0.700. The number of aliphatic hydroxyl groups excluding tert-OH is 1. The van der Waals surface area contributed by atoms with E-state index in [0.717, 1.165) is 11.8 Å². The van der Waals surface area contributed by atoms with Gasteiger partial charge in [0.1, 0.15) is 0 Å². The summed E-state index contributed by atoms with van der Waals surface area (Å²) < 4.78 is 0. The summed E-state index contributed by atoms with van der Waals surface area (Å²) in [6, 6.07) is 0.495. The van der Waals surface area contributed by atoms with Crippen molar-refractivity contribution < 1.29 is 5.11 Å². The van der Waals surface area contributed by atoms with Gasteiger partial charge in [0.2, 0.25) is 0 Å². The van der Waals surface area contributed by atoms with Crippen LogP contribution in [-0.4, -0.2) is 36.2 Å². The molecule has 0 aromatic rings. The second-order valence-corrected chi connectivity index (χ2v) is 3.35. The van der Waals surface area contributed by atoms with Crippen LogP contribution in [0, 0.1) is 11.8 Å². The van der Waals surface area contributed by atoms with Gasteiger partial charge in [0.05, 0.1) is 6.61 Å². The molecule has 1 aliphatic heterocycles. The molecule has 1 N–H and O–H groups in total.